The lowest BCUT2D eigenvalue weighted by molar-refractivity contribution is -0.00956. The van der Waals surface area contributed by atoms with Gasteiger partial charge in [0.25, 0.3) is 0 Å². The lowest BCUT2D eigenvalue weighted by Gasteiger charge is -2.10. The highest BCUT2D eigenvalue weighted by Crippen LogP contribution is 2.27. The number of hydrazone groups is 1. The van der Waals surface area contributed by atoms with E-state index in [1.54, 1.807) is 5.43 Å². The van der Waals surface area contributed by atoms with Gasteiger partial charge in [-0.15, -0.1) is 0 Å². The van der Waals surface area contributed by atoms with Crippen LogP contribution in [0.15, 0.2) is 5.10 Å². The predicted molar refractivity (Wildman–Crippen MR) is 66.1 cm³/mol. The quantitative estimate of drug-likeness (QED) is 0.207. The molecule has 1 fully saturated rings. The Morgan fingerprint density at radius 2 is 1.48 bits per heavy atom. The lowest BCUT2D eigenvalue weighted by Crippen LogP contribution is -2.34. The van der Waals surface area contributed by atoms with E-state index in [2.05, 4.69) is 5.10 Å². The molecule has 11 heteroatoms. The van der Waals surface area contributed by atoms with Gasteiger partial charge in [0, 0.05) is 0 Å². The van der Waals surface area contributed by atoms with Crippen molar-refractivity contribution in [1.29, 1.82) is 0 Å². The predicted octanol–water partition coefficient (Wildman–Crippen LogP) is 0.261. The molecule has 0 bridgehead atoms. The van der Waals surface area contributed by atoms with E-state index in [1.165, 1.54) is 0 Å². The lowest BCUT2D eigenvalue weighted by atomic mass is 10.1. The van der Waals surface area contributed by atoms with Crippen molar-refractivity contribution in [3.05, 3.63) is 29.1 Å². The Kier molecular flexibility index (Phi) is 5.14. The first-order valence-electron chi connectivity index (χ1n) is 6.22. The zero-order valence-electron chi connectivity index (χ0n) is 11.2. The second-order valence-corrected chi connectivity index (χ2v) is 4.64. The summed E-state index contributed by atoms with van der Waals surface area (Å²) < 4.78 is 70.4. The molecule has 4 N–H and O–H groups in total. The molecule has 23 heavy (non-hydrogen) atoms. The number of nitrogens with zero attached hydrogens (tertiary/aromatic N) is 1. The van der Waals surface area contributed by atoms with Crippen molar-refractivity contribution in [3.63, 3.8) is 0 Å². The number of anilines is 1. The summed E-state index contributed by atoms with van der Waals surface area (Å²) in [5, 5.41) is 31.1. The first-order chi connectivity index (χ1) is 10.8. The molecule has 0 unspecified atom stereocenters. The third-order valence-corrected chi connectivity index (χ3v) is 3.19. The Labute approximate surface area is 125 Å². The van der Waals surface area contributed by atoms with Gasteiger partial charge < -0.3 is 20.1 Å². The van der Waals surface area contributed by atoms with Gasteiger partial charge in [-0.2, -0.15) is 5.10 Å². The third-order valence-electron chi connectivity index (χ3n) is 3.19. The summed E-state index contributed by atoms with van der Waals surface area (Å²) in [4.78, 5) is 0. The van der Waals surface area contributed by atoms with E-state index in [9.17, 15) is 32.2 Å². The summed E-state index contributed by atoms with van der Waals surface area (Å²) in [5.74, 6) is -10.8. The molecule has 1 heterocycles. The summed E-state index contributed by atoms with van der Waals surface area (Å²) in [5.41, 5.74) is 0.238. The third kappa shape index (κ3) is 3.13. The maximum absolute atomic E-state index is 13.3. The molecule has 4 atom stereocenters. The largest absolute Gasteiger partial charge is 0.394 e. The molecule has 1 aliphatic heterocycles. The molecule has 0 aliphatic carbocycles. The molecular formula is C12H11F5N2O4. The van der Waals surface area contributed by atoms with Crippen LogP contribution in [-0.4, -0.2) is 52.6 Å². The zero-order valence-corrected chi connectivity index (χ0v) is 11.2. The Morgan fingerprint density at radius 1 is 0.957 bits per heavy atom. The van der Waals surface area contributed by atoms with E-state index in [0.29, 0.717) is 0 Å². The molecule has 2 rings (SSSR count). The molecule has 1 aromatic carbocycles. The molecule has 128 valence electrons. The maximum atomic E-state index is 13.3. The van der Waals surface area contributed by atoms with E-state index < -0.39 is 65.8 Å². The standard InChI is InChI=1S/C12H11F5N2O4/c13-5-6(14)8(16)10(9(17)7(5)15)19-18-1-3-11(21)12(22)4(2-20)23-3/h1,3-4,11-12,19-22H,2H2/t3-,4-,11-,12-/m1/s1. The number of benzene rings is 1. The topological polar surface area (TPSA) is 94.3 Å². The van der Waals surface area contributed by atoms with Crippen LogP contribution >= 0.6 is 0 Å². The highest BCUT2D eigenvalue weighted by molar-refractivity contribution is 5.66. The molecule has 0 aromatic heterocycles. The molecule has 0 spiro atoms. The fraction of sp³-hybridized carbons (Fsp3) is 0.417. The van der Waals surface area contributed by atoms with Crippen molar-refractivity contribution < 1.29 is 42.0 Å². The minimum Gasteiger partial charge on any atom is -0.394 e. The van der Waals surface area contributed by atoms with Gasteiger partial charge in [0.05, 0.1) is 12.8 Å². The van der Waals surface area contributed by atoms with Gasteiger partial charge in [-0.05, 0) is 0 Å². The second-order valence-electron chi connectivity index (χ2n) is 4.64. The Balaban J connectivity index is 2.16. The molecular weight excluding hydrogens is 331 g/mol. The van der Waals surface area contributed by atoms with Gasteiger partial charge in [-0.3, -0.25) is 5.43 Å². The fourth-order valence-electron chi connectivity index (χ4n) is 1.93. The van der Waals surface area contributed by atoms with E-state index in [4.69, 9.17) is 9.84 Å². The van der Waals surface area contributed by atoms with Crippen LogP contribution in [0.25, 0.3) is 0 Å². The minimum absolute atomic E-state index is 0.604. The van der Waals surface area contributed by atoms with E-state index in [-0.39, 0.29) is 0 Å². The smallest absolute Gasteiger partial charge is 0.200 e. The van der Waals surface area contributed by atoms with Crippen LogP contribution in [0.3, 0.4) is 0 Å². The monoisotopic (exact) mass is 342 g/mol. The summed E-state index contributed by atoms with van der Waals surface area (Å²) in [6.45, 7) is -0.604. The highest BCUT2D eigenvalue weighted by atomic mass is 19.2. The van der Waals surface area contributed by atoms with Gasteiger partial charge in [-0.1, -0.05) is 0 Å². The van der Waals surface area contributed by atoms with E-state index >= 15 is 0 Å². The van der Waals surface area contributed by atoms with Crippen molar-refractivity contribution in [1.82, 2.24) is 0 Å². The van der Waals surface area contributed by atoms with Gasteiger partial charge in [0.1, 0.15) is 30.1 Å². The van der Waals surface area contributed by atoms with Crippen LogP contribution in [0, 0.1) is 29.1 Å². The SMILES string of the molecule is OC[C@H]1O[C@H](C=NNc2c(F)c(F)c(F)c(F)c2F)[C@@H](O)[C@@H]1O. The fourth-order valence-corrected chi connectivity index (χ4v) is 1.93. The molecule has 1 saturated heterocycles. The number of hydrogen-bond donors (Lipinski definition) is 4. The normalized spacial score (nSPS) is 27.8. The number of hydrogen-bond acceptors (Lipinski definition) is 6. The van der Waals surface area contributed by atoms with Crippen LogP contribution < -0.4 is 5.43 Å². The van der Waals surface area contributed by atoms with Crippen LogP contribution in [0.1, 0.15) is 0 Å². The van der Waals surface area contributed by atoms with Gasteiger partial charge in [0.15, 0.2) is 23.3 Å². The van der Waals surface area contributed by atoms with Gasteiger partial charge in [-0.25, -0.2) is 22.0 Å². The molecule has 1 aromatic rings. The van der Waals surface area contributed by atoms with Crippen LogP contribution in [-0.2, 0) is 4.74 Å². The van der Waals surface area contributed by atoms with Crippen molar-refractivity contribution in [2.45, 2.75) is 24.4 Å². The Hall–Kier alpha value is -1.82. The number of aliphatic hydroxyl groups is 3. The van der Waals surface area contributed by atoms with Crippen molar-refractivity contribution in [3.8, 4) is 0 Å². The van der Waals surface area contributed by atoms with Gasteiger partial charge >= 0.3 is 0 Å². The van der Waals surface area contributed by atoms with Crippen LogP contribution in [0.2, 0.25) is 0 Å². The van der Waals surface area contributed by atoms with Crippen LogP contribution in [0.4, 0.5) is 27.6 Å². The Morgan fingerprint density at radius 3 is 1.96 bits per heavy atom. The summed E-state index contributed by atoms with van der Waals surface area (Å²) in [6, 6.07) is 0. The minimum atomic E-state index is -2.31. The van der Waals surface area contributed by atoms with E-state index in [1.807, 2.05) is 0 Å². The second kappa shape index (κ2) is 6.74. The number of nitrogens with one attached hydrogen (secondary N) is 1. The van der Waals surface area contributed by atoms with Gasteiger partial charge in [0.2, 0.25) is 5.82 Å². The number of ether oxygens (including phenoxy) is 1. The molecule has 0 saturated carbocycles. The molecule has 1 aliphatic rings. The average Bonchev–Trinajstić information content (AvgIpc) is 2.82. The molecule has 6 nitrogen and oxygen atoms in total. The van der Waals surface area contributed by atoms with Crippen molar-refractivity contribution >= 4 is 11.9 Å². The zero-order chi connectivity index (χ0) is 17.3. The highest BCUT2D eigenvalue weighted by Gasteiger charge is 2.41. The van der Waals surface area contributed by atoms with Crippen molar-refractivity contribution in [2.75, 3.05) is 12.0 Å². The van der Waals surface area contributed by atoms with E-state index in [0.717, 1.165) is 6.21 Å². The number of halogens is 5. The number of aliphatic hydroxyl groups excluding tert-OH is 3. The summed E-state index contributed by atoms with van der Waals surface area (Å²) in [7, 11) is 0. The molecule has 0 radical (unpaired) electrons. The Bertz CT molecular complexity index is 601. The molecule has 0 amide bonds. The number of rotatable bonds is 4. The average molecular weight is 342 g/mol. The first kappa shape index (κ1) is 17.5. The maximum Gasteiger partial charge on any atom is 0.200 e. The van der Waals surface area contributed by atoms with Crippen molar-refractivity contribution in [2.24, 2.45) is 5.10 Å². The summed E-state index contributed by atoms with van der Waals surface area (Å²) >= 11 is 0. The first-order valence-corrected chi connectivity index (χ1v) is 6.22. The summed E-state index contributed by atoms with van der Waals surface area (Å²) in [6.07, 6.45) is -4.52. The van der Waals surface area contributed by atoms with Crippen LogP contribution in [0.5, 0.6) is 0 Å².